The third kappa shape index (κ3) is 4.40. The Morgan fingerprint density at radius 2 is 1.85 bits per heavy atom. The van der Waals surface area contributed by atoms with E-state index < -0.39 is 42.2 Å². The van der Waals surface area contributed by atoms with Crippen LogP contribution in [0.25, 0.3) is 0 Å². The van der Waals surface area contributed by atoms with Gasteiger partial charge in [-0.05, 0) is 12.1 Å². The Kier molecular flexibility index (Phi) is 5.45. The number of halogens is 1. The minimum Gasteiger partial charge on any atom is -0.395 e. The predicted octanol–water partition coefficient (Wildman–Crippen LogP) is -0.374. The van der Waals surface area contributed by atoms with Gasteiger partial charge in [0, 0.05) is 13.1 Å². The molecule has 10 heteroatoms. The average Bonchev–Trinajstić information content (AvgIpc) is 2.31. The summed E-state index contributed by atoms with van der Waals surface area (Å²) in [5.74, 6) is -1.27. The summed E-state index contributed by atoms with van der Waals surface area (Å²) in [7, 11) is -7.59. The molecule has 0 radical (unpaired) electrons. The van der Waals surface area contributed by atoms with E-state index in [0.29, 0.717) is 0 Å². The van der Waals surface area contributed by atoms with E-state index in [1.165, 1.54) is 6.07 Å². The maximum atomic E-state index is 13.2. The van der Waals surface area contributed by atoms with Crippen molar-refractivity contribution >= 4 is 25.7 Å². The first kappa shape index (κ1) is 16.8. The van der Waals surface area contributed by atoms with E-state index >= 15 is 0 Å². The van der Waals surface area contributed by atoms with E-state index in [1.54, 1.807) is 6.92 Å². The van der Waals surface area contributed by atoms with Gasteiger partial charge in [-0.1, -0.05) is 13.0 Å². The molecule has 0 aromatic heterocycles. The second-order valence-electron chi connectivity index (χ2n) is 3.87. The van der Waals surface area contributed by atoms with Crippen LogP contribution in [0.5, 0.6) is 0 Å². The molecular weight excluding hydrogens is 309 g/mol. The molecule has 20 heavy (non-hydrogen) atoms. The molecule has 1 aromatic rings. The van der Waals surface area contributed by atoms with E-state index in [4.69, 9.17) is 5.73 Å². The van der Waals surface area contributed by atoms with E-state index in [9.17, 15) is 21.2 Å². The van der Waals surface area contributed by atoms with Crippen molar-refractivity contribution in [3.8, 4) is 0 Å². The lowest BCUT2D eigenvalue weighted by Crippen LogP contribution is -2.34. The van der Waals surface area contributed by atoms with Gasteiger partial charge in [0.15, 0.2) is 0 Å². The van der Waals surface area contributed by atoms with Crippen LogP contribution in [0.15, 0.2) is 23.1 Å². The third-order valence-electron chi connectivity index (χ3n) is 2.33. The number of benzene rings is 1. The van der Waals surface area contributed by atoms with Gasteiger partial charge in [0.25, 0.3) is 0 Å². The normalized spacial score (nSPS) is 12.5. The first-order valence-electron chi connectivity index (χ1n) is 5.70. The molecule has 0 aliphatic rings. The minimum atomic E-state index is -4.06. The van der Waals surface area contributed by atoms with Crippen LogP contribution >= 0.6 is 0 Å². The van der Waals surface area contributed by atoms with Crippen molar-refractivity contribution < 1.29 is 21.2 Å². The molecule has 0 amide bonds. The van der Waals surface area contributed by atoms with Gasteiger partial charge >= 0.3 is 0 Å². The number of anilines is 1. The SMILES string of the molecule is CCNS(=O)(=O)CCNS(=O)(=O)c1cccc(F)c1N. The number of sulfonamides is 2. The highest BCUT2D eigenvalue weighted by Gasteiger charge is 2.20. The van der Waals surface area contributed by atoms with Crippen molar-refractivity contribution in [1.29, 1.82) is 0 Å². The molecule has 0 atom stereocenters. The summed E-state index contributed by atoms with van der Waals surface area (Å²) >= 11 is 0. The Hall–Kier alpha value is -1.23. The quantitative estimate of drug-likeness (QED) is 0.591. The summed E-state index contributed by atoms with van der Waals surface area (Å²) in [5.41, 5.74) is 4.84. The molecule has 0 saturated heterocycles. The van der Waals surface area contributed by atoms with Crippen LogP contribution in [-0.2, 0) is 20.0 Å². The molecule has 1 rings (SSSR count). The van der Waals surface area contributed by atoms with Crippen LogP contribution in [0.1, 0.15) is 6.92 Å². The lowest BCUT2D eigenvalue weighted by atomic mass is 10.3. The molecular formula is C10H16FN3O4S2. The molecule has 0 saturated carbocycles. The molecule has 0 spiro atoms. The highest BCUT2D eigenvalue weighted by molar-refractivity contribution is 7.90. The maximum Gasteiger partial charge on any atom is 0.242 e. The molecule has 1 aromatic carbocycles. The van der Waals surface area contributed by atoms with Crippen molar-refractivity contribution in [3.05, 3.63) is 24.0 Å². The van der Waals surface area contributed by atoms with Crippen LogP contribution in [0, 0.1) is 5.82 Å². The highest BCUT2D eigenvalue weighted by Crippen LogP contribution is 2.20. The Bertz CT molecular complexity index is 674. The summed E-state index contributed by atoms with van der Waals surface area (Å²) in [6, 6.07) is 3.37. The fourth-order valence-electron chi connectivity index (χ4n) is 1.43. The number of hydrogen-bond acceptors (Lipinski definition) is 5. The Balaban J connectivity index is 2.79. The molecule has 0 unspecified atom stereocenters. The topological polar surface area (TPSA) is 118 Å². The van der Waals surface area contributed by atoms with Gasteiger partial charge in [0.1, 0.15) is 10.7 Å². The van der Waals surface area contributed by atoms with Gasteiger partial charge in [-0.2, -0.15) is 0 Å². The third-order valence-corrected chi connectivity index (χ3v) is 5.32. The molecule has 114 valence electrons. The maximum absolute atomic E-state index is 13.2. The molecule has 7 nitrogen and oxygen atoms in total. The van der Waals surface area contributed by atoms with Gasteiger partial charge in [-0.25, -0.2) is 30.7 Å². The fourth-order valence-corrected chi connectivity index (χ4v) is 3.69. The summed E-state index contributed by atoms with van der Waals surface area (Å²) in [6.07, 6.45) is 0. The number of hydrogen-bond donors (Lipinski definition) is 3. The number of para-hydroxylation sites is 1. The Morgan fingerprint density at radius 3 is 2.45 bits per heavy atom. The van der Waals surface area contributed by atoms with E-state index in [-0.39, 0.29) is 13.1 Å². The predicted molar refractivity (Wildman–Crippen MR) is 73.5 cm³/mol. The van der Waals surface area contributed by atoms with Gasteiger partial charge in [0.2, 0.25) is 20.0 Å². The van der Waals surface area contributed by atoms with E-state index in [1.807, 2.05) is 0 Å². The average molecular weight is 325 g/mol. The number of rotatable bonds is 7. The molecule has 0 aliphatic carbocycles. The first-order chi connectivity index (χ1) is 9.19. The molecule has 0 aliphatic heterocycles. The number of nitrogens with one attached hydrogen (secondary N) is 2. The van der Waals surface area contributed by atoms with Gasteiger partial charge < -0.3 is 5.73 Å². The summed E-state index contributed by atoms with van der Waals surface area (Å²) in [5, 5.41) is 0. The van der Waals surface area contributed by atoms with Crippen LogP contribution in [-0.4, -0.2) is 35.7 Å². The molecule has 0 heterocycles. The minimum absolute atomic E-state index is 0.214. The van der Waals surface area contributed by atoms with E-state index in [2.05, 4.69) is 9.44 Å². The van der Waals surface area contributed by atoms with Crippen molar-refractivity contribution in [2.75, 3.05) is 24.6 Å². The van der Waals surface area contributed by atoms with Crippen molar-refractivity contribution in [3.63, 3.8) is 0 Å². The van der Waals surface area contributed by atoms with Crippen molar-refractivity contribution in [1.82, 2.24) is 9.44 Å². The Labute approximate surface area is 117 Å². The second-order valence-corrected chi connectivity index (χ2v) is 7.53. The van der Waals surface area contributed by atoms with Gasteiger partial charge in [-0.15, -0.1) is 0 Å². The highest BCUT2D eigenvalue weighted by atomic mass is 32.2. The zero-order valence-corrected chi connectivity index (χ0v) is 12.4. The molecule has 4 N–H and O–H groups in total. The zero-order valence-electron chi connectivity index (χ0n) is 10.8. The Morgan fingerprint density at radius 1 is 1.20 bits per heavy atom. The largest absolute Gasteiger partial charge is 0.395 e. The molecule has 0 bridgehead atoms. The fraction of sp³-hybridized carbons (Fsp3) is 0.400. The van der Waals surface area contributed by atoms with Crippen LogP contribution in [0.2, 0.25) is 0 Å². The van der Waals surface area contributed by atoms with E-state index in [0.717, 1.165) is 12.1 Å². The van der Waals surface area contributed by atoms with Crippen molar-refractivity contribution in [2.45, 2.75) is 11.8 Å². The summed E-state index contributed by atoms with van der Waals surface area (Å²) < 4.78 is 63.9. The lowest BCUT2D eigenvalue weighted by Gasteiger charge is -2.09. The standard InChI is InChI=1S/C10H16FN3O4S2/c1-2-13-19(15,16)7-6-14-20(17,18)9-5-3-4-8(11)10(9)12/h3-5,13-14H,2,6-7,12H2,1H3. The second kappa shape index (κ2) is 6.48. The monoisotopic (exact) mass is 325 g/mol. The summed E-state index contributed by atoms with van der Waals surface area (Å²) in [4.78, 5) is -0.418. The lowest BCUT2D eigenvalue weighted by molar-refractivity contribution is 0.575. The van der Waals surface area contributed by atoms with Crippen LogP contribution in [0.3, 0.4) is 0 Å². The summed E-state index contributed by atoms with van der Waals surface area (Å²) in [6.45, 7) is 1.48. The number of nitrogens with two attached hydrogens (primary N) is 1. The number of nitrogen functional groups attached to an aromatic ring is 1. The smallest absolute Gasteiger partial charge is 0.242 e. The first-order valence-corrected chi connectivity index (χ1v) is 8.84. The van der Waals surface area contributed by atoms with Gasteiger partial charge in [0.05, 0.1) is 11.4 Å². The molecule has 0 fully saturated rings. The van der Waals surface area contributed by atoms with Crippen molar-refractivity contribution in [2.24, 2.45) is 0 Å². The van der Waals surface area contributed by atoms with Gasteiger partial charge in [-0.3, -0.25) is 0 Å². The van der Waals surface area contributed by atoms with Crippen LogP contribution in [0.4, 0.5) is 10.1 Å². The van der Waals surface area contributed by atoms with Crippen LogP contribution < -0.4 is 15.2 Å². The zero-order chi connectivity index (χ0) is 15.4.